The average molecular weight is 324 g/mol. The lowest BCUT2D eigenvalue weighted by atomic mass is 10.3. The summed E-state index contributed by atoms with van der Waals surface area (Å²) in [5.41, 5.74) is -0.165. The molecule has 0 fully saturated rings. The van der Waals surface area contributed by atoms with Gasteiger partial charge in [0.15, 0.2) is 0 Å². The van der Waals surface area contributed by atoms with Crippen molar-refractivity contribution in [3.8, 4) is 0 Å². The lowest BCUT2D eigenvalue weighted by Gasteiger charge is -2.22. The topological polar surface area (TPSA) is 93.1 Å². The lowest BCUT2D eigenvalue weighted by molar-refractivity contribution is -0.306. The molecular weight excluding hydrogens is 311 g/mol. The van der Waals surface area contributed by atoms with Crippen LogP contribution in [0, 0.1) is 0 Å². The Morgan fingerprint density at radius 1 is 1.40 bits per heavy atom. The first-order chi connectivity index (χ1) is 8.85. The molecule has 0 saturated heterocycles. The van der Waals surface area contributed by atoms with Gasteiger partial charge in [0.2, 0.25) is 0 Å². The van der Waals surface area contributed by atoms with E-state index in [9.17, 15) is 26.9 Å². The number of hydrogen-bond acceptors (Lipinski definition) is 4. The minimum atomic E-state index is -4.82. The number of halogens is 4. The predicted molar refractivity (Wildman–Crippen MR) is 58.5 cm³/mol. The Bertz CT molecular complexity index is 407. The molecule has 0 aliphatic carbocycles. The van der Waals surface area contributed by atoms with E-state index < -0.39 is 45.0 Å². The van der Waals surface area contributed by atoms with Gasteiger partial charge in [-0.15, -0.1) is 0 Å². The third-order valence-corrected chi connectivity index (χ3v) is 2.66. The summed E-state index contributed by atoms with van der Waals surface area (Å²) in [6, 6.07) is 0. The van der Waals surface area contributed by atoms with E-state index in [0.29, 0.717) is 0 Å². The molecule has 20 heavy (non-hydrogen) atoms. The highest BCUT2D eigenvalue weighted by Gasteiger charge is 2.43. The van der Waals surface area contributed by atoms with Crippen molar-refractivity contribution in [2.24, 2.45) is 0 Å². The largest absolute Gasteiger partial charge is 0.456 e. The fourth-order valence-corrected chi connectivity index (χ4v) is 1.62. The van der Waals surface area contributed by atoms with Gasteiger partial charge in [0.25, 0.3) is 0 Å². The van der Waals surface area contributed by atoms with Crippen LogP contribution in [0.5, 0.6) is 0 Å². The zero-order valence-electron chi connectivity index (χ0n) is 10.3. The van der Waals surface area contributed by atoms with Gasteiger partial charge in [-0.1, -0.05) is 6.58 Å². The fraction of sp³-hybridized carbons (Fsp3) is 0.667. The van der Waals surface area contributed by atoms with E-state index in [1.807, 2.05) is 0 Å². The molecule has 0 spiro atoms. The molecule has 0 amide bonds. The summed E-state index contributed by atoms with van der Waals surface area (Å²) in [7, 11) is -4.73. The minimum Gasteiger partial charge on any atom is -0.456 e. The highest BCUT2D eigenvalue weighted by molar-refractivity contribution is 7.51. The molecule has 0 aliphatic heterocycles. The second-order valence-electron chi connectivity index (χ2n) is 3.83. The number of rotatable bonds is 8. The first kappa shape index (κ1) is 19.0. The highest BCUT2D eigenvalue weighted by Crippen LogP contribution is 2.36. The SMILES string of the molecule is C=C(C)C(=O)OC(COC(F)(F)C(F)F)CP(=O)(O)O. The zero-order chi connectivity index (χ0) is 16.1. The van der Waals surface area contributed by atoms with Crippen LogP contribution in [0.3, 0.4) is 0 Å². The molecule has 11 heteroatoms. The number of alkyl halides is 4. The van der Waals surface area contributed by atoms with Crippen LogP contribution < -0.4 is 0 Å². The van der Waals surface area contributed by atoms with Gasteiger partial charge in [-0.05, 0) is 6.92 Å². The minimum absolute atomic E-state index is 0.165. The summed E-state index contributed by atoms with van der Waals surface area (Å²) in [5.74, 6) is -1.12. The third-order valence-electron chi connectivity index (χ3n) is 1.78. The van der Waals surface area contributed by atoms with Crippen molar-refractivity contribution in [2.45, 2.75) is 25.6 Å². The quantitative estimate of drug-likeness (QED) is 0.304. The Balaban J connectivity index is 4.74. The molecule has 2 N–H and O–H groups in total. The number of hydrogen-bond donors (Lipinski definition) is 2. The van der Waals surface area contributed by atoms with Crippen LogP contribution in [0.15, 0.2) is 12.2 Å². The lowest BCUT2D eigenvalue weighted by Crippen LogP contribution is -2.36. The van der Waals surface area contributed by atoms with E-state index in [1.165, 1.54) is 6.92 Å². The standard InChI is InChI=1S/C9H13F4O6P/c1-5(2)7(14)19-6(4-20(15,16)17)3-18-9(12,13)8(10)11/h6,8H,1,3-4H2,2H3,(H2,15,16,17). The van der Waals surface area contributed by atoms with Crippen molar-refractivity contribution >= 4 is 13.6 Å². The molecular formula is C9H13F4O6P. The van der Waals surface area contributed by atoms with Gasteiger partial charge in [0.05, 0.1) is 12.8 Å². The highest BCUT2D eigenvalue weighted by atomic mass is 31.2. The summed E-state index contributed by atoms with van der Waals surface area (Å²) in [6.45, 7) is 3.06. The molecule has 6 nitrogen and oxygen atoms in total. The first-order valence-corrected chi connectivity index (χ1v) is 6.86. The molecule has 0 aromatic carbocycles. The molecule has 0 aromatic rings. The maximum atomic E-state index is 12.5. The molecule has 1 unspecified atom stereocenters. The summed E-state index contributed by atoms with van der Waals surface area (Å²) in [5, 5.41) is 0. The summed E-state index contributed by atoms with van der Waals surface area (Å²) < 4.78 is 67.4. The number of carbonyl (C=O) groups excluding carboxylic acids is 1. The second kappa shape index (κ2) is 7.16. The maximum Gasteiger partial charge on any atom is 0.416 e. The van der Waals surface area contributed by atoms with Gasteiger partial charge in [-0.25, -0.2) is 13.6 Å². The molecule has 0 saturated carbocycles. The number of carbonyl (C=O) groups is 1. The van der Waals surface area contributed by atoms with Crippen LogP contribution in [0.2, 0.25) is 0 Å². The van der Waals surface area contributed by atoms with E-state index in [0.717, 1.165) is 0 Å². The van der Waals surface area contributed by atoms with Crippen LogP contribution in [-0.4, -0.2) is 47.2 Å². The average Bonchev–Trinajstić information content (AvgIpc) is 2.23. The fourth-order valence-electron chi connectivity index (χ4n) is 0.908. The summed E-state index contributed by atoms with van der Waals surface area (Å²) in [4.78, 5) is 28.5. The smallest absolute Gasteiger partial charge is 0.416 e. The van der Waals surface area contributed by atoms with Gasteiger partial charge >= 0.3 is 26.1 Å². The molecule has 0 radical (unpaired) electrons. The third kappa shape index (κ3) is 7.59. The number of ether oxygens (including phenoxy) is 2. The van der Waals surface area contributed by atoms with Crippen LogP contribution in [0.4, 0.5) is 17.6 Å². The Labute approximate surface area is 111 Å². The zero-order valence-corrected chi connectivity index (χ0v) is 11.2. The van der Waals surface area contributed by atoms with Crippen molar-refractivity contribution in [3.63, 3.8) is 0 Å². The Morgan fingerprint density at radius 3 is 2.25 bits per heavy atom. The summed E-state index contributed by atoms with van der Waals surface area (Å²) in [6.07, 6.45) is -11.9. The van der Waals surface area contributed by atoms with Crippen molar-refractivity contribution in [2.75, 3.05) is 12.8 Å². The Morgan fingerprint density at radius 2 is 1.90 bits per heavy atom. The van der Waals surface area contributed by atoms with Crippen molar-refractivity contribution in [1.82, 2.24) is 0 Å². The van der Waals surface area contributed by atoms with E-state index in [-0.39, 0.29) is 5.57 Å². The maximum absolute atomic E-state index is 12.5. The molecule has 0 bridgehead atoms. The molecule has 118 valence electrons. The van der Waals surface area contributed by atoms with E-state index >= 15 is 0 Å². The van der Waals surface area contributed by atoms with Crippen molar-refractivity contribution in [3.05, 3.63) is 12.2 Å². The van der Waals surface area contributed by atoms with E-state index in [4.69, 9.17) is 9.79 Å². The molecule has 0 aromatic heterocycles. The predicted octanol–water partition coefficient (Wildman–Crippen LogP) is 1.53. The second-order valence-corrected chi connectivity index (χ2v) is 5.52. The Kier molecular flexibility index (Phi) is 6.82. The van der Waals surface area contributed by atoms with Gasteiger partial charge in [0.1, 0.15) is 6.10 Å². The van der Waals surface area contributed by atoms with Crippen LogP contribution in [0.25, 0.3) is 0 Å². The normalized spacial score (nSPS) is 14.2. The van der Waals surface area contributed by atoms with Crippen LogP contribution in [-0.2, 0) is 18.8 Å². The van der Waals surface area contributed by atoms with Gasteiger partial charge < -0.3 is 19.3 Å². The number of esters is 1. The molecule has 0 heterocycles. The van der Waals surface area contributed by atoms with Gasteiger partial charge in [-0.3, -0.25) is 4.57 Å². The van der Waals surface area contributed by atoms with Crippen LogP contribution in [0.1, 0.15) is 6.92 Å². The first-order valence-electron chi connectivity index (χ1n) is 5.06. The summed E-state index contributed by atoms with van der Waals surface area (Å²) >= 11 is 0. The monoisotopic (exact) mass is 324 g/mol. The molecule has 0 aliphatic rings. The van der Waals surface area contributed by atoms with Gasteiger partial charge in [-0.2, -0.15) is 8.78 Å². The van der Waals surface area contributed by atoms with E-state index in [2.05, 4.69) is 16.1 Å². The van der Waals surface area contributed by atoms with Crippen molar-refractivity contribution in [1.29, 1.82) is 0 Å². The van der Waals surface area contributed by atoms with Gasteiger partial charge in [0, 0.05) is 5.57 Å². The molecule has 1 atom stereocenters. The van der Waals surface area contributed by atoms with E-state index in [1.54, 1.807) is 0 Å². The molecule has 0 rings (SSSR count). The Hall–Kier alpha value is -0.960. The van der Waals surface area contributed by atoms with Crippen LogP contribution >= 0.6 is 7.60 Å². The van der Waals surface area contributed by atoms with Crippen molar-refractivity contribution < 1.29 is 46.2 Å².